The number of amides is 1. The highest BCUT2D eigenvalue weighted by Crippen LogP contribution is 2.49. The van der Waals surface area contributed by atoms with E-state index in [9.17, 15) is 4.79 Å². The van der Waals surface area contributed by atoms with Crippen molar-refractivity contribution in [3.63, 3.8) is 0 Å². The van der Waals surface area contributed by atoms with E-state index in [2.05, 4.69) is 49.8 Å². The molecule has 1 aliphatic heterocycles. The van der Waals surface area contributed by atoms with E-state index in [4.69, 9.17) is 4.74 Å². The Morgan fingerprint density at radius 3 is 2.68 bits per heavy atom. The summed E-state index contributed by atoms with van der Waals surface area (Å²) in [5.41, 5.74) is 1.48. The Morgan fingerprint density at radius 1 is 1.32 bits per heavy atom. The van der Waals surface area contributed by atoms with Crippen LogP contribution in [0.4, 0.5) is 0 Å². The number of guanidine groups is 1. The van der Waals surface area contributed by atoms with Crippen LogP contribution >= 0.6 is 39.9 Å². The van der Waals surface area contributed by atoms with E-state index in [1.54, 1.807) is 19.0 Å². The van der Waals surface area contributed by atoms with Gasteiger partial charge in [0, 0.05) is 49.6 Å². The number of likely N-dealkylation sites (N-methyl/N-ethyl adjacent to an activating group) is 1. The zero-order valence-corrected chi connectivity index (χ0v) is 20.5. The molecule has 1 amide bonds. The van der Waals surface area contributed by atoms with Gasteiger partial charge in [0.2, 0.25) is 5.91 Å². The molecule has 3 rings (SSSR count). The molecule has 1 heterocycles. The lowest BCUT2D eigenvalue weighted by Gasteiger charge is -2.21. The van der Waals surface area contributed by atoms with Crippen LogP contribution in [0.15, 0.2) is 33.7 Å². The fourth-order valence-electron chi connectivity index (χ4n) is 3.28. The number of rotatable bonds is 7. The molecule has 2 fully saturated rings. The van der Waals surface area contributed by atoms with Crippen molar-refractivity contribution in [1.29, 1.82) is 0 Å². The lowest BCUT2D eigenvalue weighted by molar-refractivity contribution is -0.127. The van der Waals surface area contributed by atoms with Gasteiger partial charge in [0.15, 0.2) is 5.96 Å². The van der Waals surface area contributed by atoms with Gasteiger partial charge >= 0.3 is 0 Å². The highest BCUT2D eigenvalue weighted by Gasteiger charge is 2.45. The van der Waals surface area contributed by atoms with Gasteiger partial charge in [-0.1, -0.05) is 34.1 Å². The zero-order chi connectivity index (χ0) is 19.3. The molecule has 1 unspecified atom stereocenters. The number of halogens is 2. The summed E-state index contributed by atoms with van der Waals surface area (Å²) in [6.07, 6.45) is 3.38. The van der Waals surface area contributed by atoms with E-state index in [1.165, 1.54) is 5.56 Å². The Kier molecular flexibility index (Phi) is 9.01. The van der Waals surface area contributed by atoms with Crippen molar-refractivity contribution >= 4 is 51.8 Å². The summed E-state index contributed by atoms with van der Waals surface area (Å²) in [7, 11) is 3.50. The van der Waals surface area contributed by atoms with E-state index < -0.39 is 0 Å². The average Bonchev–Trinajstić information content (AvgIpc) is 3.25. The Hall–Kier alpha value is -0.870. The molecule has 1 aliphatic carbocycles. The molecule has 156 valence electrons. The van der Waals surface area contributed by atoms with Gasteiger partial charge in [-0.15, -0.1) is 24.0 Å². The van der Waals surface area contributed by atoms with Crippen LogP contribution in [0.3, 0.4) is 0 Å². The first kappa shape index (κ1) is 23.4. The maximum atomic E-state index is 11.9. The van der Waals surface area contributed by atoms with Crippen LogP contribution < -0.4 is 10.6 Å². The lowest BCUT2D eigenvalue weighted by atomic mass is 9.96. The Labute approximate surface area is 193 Å². The second-order valence-corrected chi connectivity index (χ2v) is 8.53. The van der Waals surface area contributed by atoms with E-state index in [0.717, 1.165) is 50.0 Å². The first-order valence-corrected chi connectivity index (χ1v) is 10.3. The van der Waals surface area contributed by atoms with Crippen molar-refractivity contribution in [2.75, 3.05) is 46.9 Å². The molecule has 1 saturated carbocycles. The Morgan fingerprint density at radius 2 is 2.07 bits per heavy atom. The van der Waals surface area contributed by atoms with Crippen molar-refractivity contribution in [1.82, 2.24) is 15.5 Å². The third kappa shape index (κ3) is 6.32. The fourth-order valence-corrected chi connectivity index (χ4v) is 3.99. The normalized spacial score (nSPS) is 20.2. The van der Waals surface area contributed by atoms with Crippen LogP contribution in [-0.2, 0) is 14.9 Å². The van der Waals surface area contributed by atoms with Crippen molar-refractivity contribution in [2.24, 2.45) is 10.9 Å². The van der Waals surface area contributed by atoms with Crippen molar-refractivity contribution in [3.05, 3.63) is 34.3 Å². The van der Waals surface area contributed by atoms with E-state index >= 15 is 0 Å². The topological polar surface area (TPSA) is 66.0 Å². The molecule has 0 spiro atoms. The minimum Gasteiger partial charge on any atom is -0.381 e. The van der Waals surface area contributed by atoms with Gasteiger partial charge in [-0.05, 0) is 30.9 Å². The average molecular weight is 565 g/mol. The number of carbonyl (C=O) groups is 1. The number of hydrogen-bond acceptors (Lipinski definition) is 3. The molecule has 28 heavy (non-hydrogen) atoms. The van der Waals surface area contributed by atoms with Crippen molar-refractivity contribution < 1.29 is 9.53 Å². The van der Waals surface area contributed by atoms with Gasteiger partial charge in [-0.3, -0.25) is 4.79 Å². The predicted molar refractivity (Wildman–Crippen MR) is 126 cm³/mol. The Balaban J connectivity index is 0.00000280. The molecule has 6 nitrogen and oxygen atoms in total. The van der Waals surface area contributed by atoms with Crippen LogP contribution in [0.25, 0.3) is 0 Å². The second-order valence-electron chi connectivity index (χ2n) is 7.68. The maximum absolute atomic E-state index is 11.9. The van der Waals surface area contributed by atoms with Crippen molar-refractivity contribution in [3.8, 4) is 0 Å². The second kappa shape index (κ2) is 10.8. The maximum Gasteiger partial charge on any atom is 0.243 e. The molecular weight excluding hydrogens is 535 g/mol. The molecule has 0 aromatic heterocycles. The fraction of sp³-hybridized carbons (Fsp3) is 0.600. The SMILES string of the molecule is CN(C)C(=O)CN=C(NCC1CCOC1)NCC1(c2ccccc2Br)CC1.I. The predicted octanol–water partition coefficient (Wildman–Crippen LogP) is 2.76. The highest BCUT2D eigenvalue weighted by molar-refractivity contribution is 14.0. The van der Waals surface area contributed by atoms with Crippen LogP contribution in [-0.4, -0.2) is 63.7 Å². The first-order chi connectivity index (χ1) is 13.0. The van der Waals surface area contributed by atoms with Crippen LogP contribution in [0, 0.1) is 5.92 Å². The molecule has 1 aromatic carbocycles. The standard InChI is InChI=1S/C20H29BrN4O2.HI/c1-25(2)18(26)12-23-19(22-11-15-7-10-27-13-15)24-14-20(8-9-20)16-5-3-4-6-17(16)21;/h3-6,15H,7-14H2,1-2H3,(H2,22,23,24);1H. The van der Waals surface area contributed by atoms with Gasteiger partial charge in [0.05, 0.1) is 6.61 Å². The zero-order valence-electron chi connectivity index (χ0n) is 16.5. The van der Waals surface area contributed by atoms with Crippen LogP contribution in [0.5, 0.6) is 0 Å². The molecule has 1 atom stereocenters. The van der Waals surface area contributed by atoms with E-state index in [0.29, 0.717) is 11.9 Å². The van der Waals surface area contributed by atoms with Gasteiger partial charge in [-0.2, -0.15) is 0 Å². The number of nitrogens with one attached hydrogen (secondary N) is 2. The summed E-state index contributed by atoms with van der Waals surface area (Å²) in [5.74, 6) is 1.20. The summed E-state index contributed by atoms with van der Waals surface area (Å²) in [6.45, 7) is 3.38. The third-order valence-electron chi connectivity index (χ3n) is 5.35. The van der Waals surface area contributed by atoms with Crippen molar-refractivity contribution in [2.45, 2.75) is 24.7 Å². The molecule has 2 N–H and O–H groups in total. The summed E-state index contributed by atoms with van der Waals surface area (Å²) < 4.78 is 6.60. The van der Waals surface area contributed by atoms with Crippen LogP contribution in [0.1, 0.15) is 24.8 Å². The minimum absolute atomic E-state index is 0. The van der Waals surface area contributed by atoms with E-state index in [1.807, 2.05) is 6.07 Å². The number of carbonyl (C=O) groups excluding carboxylic acids is 1. The van der Waals surface area contributed by atoms with Crippen LogP contribution in [0.2, 0.25) is 0 Å². The number of ether oxygens (including phenoxy) is 1. The number of aliphatic imine (C=N–C) groups is 1. The van der Waals surface area contributed by atoms with E-state index in [-0.39, 0.29) is 41.8 Å². The largest absolute Gasteiger partial charge is 0.381 e. The first-order valence-electron chi connectivity index (χ1n) is 9.55. The summed E-state index contributed by atoms with van der Waals surface area (Å²) >= 11 is 3.68. The molecule has 0 radical (unpaired) electrons. The highest BCUT2D eigenvalue weighted by atomic mass is 127. The quantitative estimate of drug-likeness (QED) is 0.304. The molecule has 8 heteroatoms. The number of nitrogens with zero attached hydrogens (tertiary/aromatic N) is 2. The summed E-state index contributed by atoms with van der Waals surface area (Å²) in [4.78, 5) is 18.0. The van der Waals surface area contributed by atoms with Gasteiger partial charge in [-0.25, -0.2) is 4.99 Å². The van der Waals surface area contributed by atoms with Gasteiger partial charge in [0.25, 0.3) is 0 Å². The third-order valence-corrected chi connectivity index (χ3v) is 6.04. The van der Waals surface area contributed by atoms with Gasteiger partial charge in [0.1, 0.15) is 6.54 Å². The van der Waals surface area contributed by atoms with Gasteiger partial charge < -0.3 is 20.3 Å². The molecular formula is C20H30BrIN4O2. The molecule has 1 aromatic rings. The minimum atomic E-state index is -0.00719. The smallest absolute Gasteiger partial charge is 0.243 e. The molecule has 1 saturated heterocycles. The summed E-state index contributed by atoms with van der Waals surface area (Å²) in [6, 6.07) is 8.41. The lowest BCUT2D eigenvalue weighted by Crippen LogP contribution is -2.43. The number of benzene rings is 1. The molecule has 2 aliphatic rings. The summed E-state index contributed by atoms with van der Waals surface area (Å²) in [5, 5.41) is 6.87. The Bertz CT molecular complexity index is 689. The monoisotopic (exact) mass is 564 g/mol. The molecule has 0 bridgehead atoms. The number of hydrogen-bond donors (Lipinski definition) is 2.